The minimum atomic E-state index is -0.319. The predicted molar refractivity (Wildman–Crippen MR) is 153 cm³/mol. The maximum absolute atomic E-state index is 13.1. The molecule has 34 heavy (non-hydrogen) atoms. The van der Waals surface area contributed by atoms with Crippen molar-refractivity contribution in [3.63, 3.8) is 0 Å². The third-order valence-corrected chi connectivity index (χ3v) is 7.85. The van der Waals surface area contributed by atoms with Crippen LogP contribution in [0.1, 0.15) is 10.4 Å². The van der Waals surface area contributed by atoms with Gasteiger partial charge in [-0.3, -0.25) is 10.1 Å². The molecule has 0 radical (unpaired) electrons. The van der Waals surface area contributed by atoms with E-state index in [1.807, 2.05) is 54.6 Å². The highest BCUT2D eigenvalue weighted by atomic mass is 79.9. The topological polar surface area (TPSA) is 54.0 Å². The summed E-state index contributed by atoms with van der Waals surface area (Å²) < 4.78 is 2.76. The first-order valence-corrected chi connectivity index (χ1v) is 13.2. The van der Waals surface area contributed by atoms with Gasteiger partial charge in [-0.2, -0.15) is 0 Å². The number of nitrogens with one attached hydrogen (secondary N) is 2. The number of thiocarbonyl (C=S) groups is 1. The quantitative estimate of drug-likeness (QED) is 0.196. The van der Waals surface area contributed by atoms with Gasteiger partial charge >= 0.3 is 0 Å². The van der Waals surface area contributed by atoms with Gasteiger partial charge in [-0.15, -0.1) is 11.3 Å². The predicted octanol–water partition coefficient (Wildman–Crippen LogP) is 8.42. The molecule has 2 N–H and O–H groups in total. The molecule has 0 aliphatic carbocycles. The number of hydrogen-bond donors (Lipinski definition) is 2. The molecule has 5 aromatic rings. The van der Waals surface area contributed by atoms with Crippen molar-refractivity contribution in [1.82, 2.24) is 10.3 Å². The van der Waals surface area contributed by atoms with Crippen LogP contribution in [-0.4, -0.2) is 16.0 Å². The first kappa shape index (κ1) is 23.4. The van der Waals surface area contributed by atoms with Gasteiger partial charge < -0.3 is 5.32 Å². The van der Waals surface area contributed by atoms with E-state index in [9.17, 15) is 4.79 Å². The second kappa shape index (κ2) is 9.71. The van der Waals surface area contributed by atoms with E-state index in [2.05, 4.69) is 42.5 Å². The second-order valence-electron chi connectivity index (χ2n) is 7.35. The Morgan fingerprint density at radius 2 is 1.74 bits per heavy atom. The van der Waals surface area contributed by atoms with E-state index in [-0.39, 0.29) is 11.0 Å². The average molecular weight is 632 g/mol. The highest BCUT2D eigenvalue weighted by molar-refractivity contribution is 9.11. The highest BCUT2D eigenvalue weighted by Crippen LogP contribution is 2.40. The molecular formula is C25H14Br2ClN3OS2. The van der Waals surface area contributed by atoms with Crippen LogP contribution >= 0.6 is 67.0 Å². The Morgan fingerprint density at radius 3 is 2.56 bits per heavy atom. The molecule has 0 saturated carbocycles. The minimum Gasteiger partial charge on any atom is -0.331 e. The number of rotatable bonds is 3. The minimum absolute atomic E-state index is 0.175. The van der Waals surface area contributed by atoms with Crippen molar-refractivity contribution < 1.29 is 4.79 Å². The molecule has 0 spiro atoms. The molecule has 4 nitrogen and oxygen atoms in total. The lowest BCUT2D eigenvalue weighted by molar-refractivity contribution is 0.0979. The van der Waals surface area contributed by atoms with E-state index in [0.29, 0.717) is 16.3 Å². The van der Waals surface area contributed by atoms with Crippen LogP contribution in [0.4, 0.5) is 5.69 Å². The normalized spacial score (nSPS) is 11.0. The largest absolute Gasteiger partial charge is 0.331 e. The summed E-state index contributed by atoms with van der Waals surface area (Å²) in [6.07, 6.45) is 0. The van der Waals surface area contributed by atoms with Crippen molar-refractivity contribution in [2.45, 2.75) is 0 Å². The van der Waals surface area contributed by atoms with Crippen LogP contribution in [0.15, 0.2) is 81.7 Å². The lowest BCUT2D eigenvalue weighted by Gasteiger charge is -2.15. The molecule has 0 bridgehead atoms. The molecule has 168 valence electrons. The van der Waals surface area contributed by atoms with E-state index < -0.39 is 0 Å². The number of fused-ring (bicyclic) bond motifs is 2. The first-order chi connectivity index (χ1) is 16.4. The molecule has 4 aromatic carbocycles. The summed E-state index contributed by atoms with van der Waals surface area (Å²) >= 11 is 20.6. The van der Waals surface area contributed by atoms with Crippen LogP contribution < -0.4 is 10.6 Å². The number of thiazole rings is 1. The highest BCUT2D eigenvalue weighted by Gasteiger charge is 2.18. The molecule has 0 unspecified atom stereocenters. The van der Waals surface area contributed by atoms with Gasteiger partial charge in [-0.05, 0) is 69.9 Å². The molecule has 0 aliphatic heterocycles. The fraction of sp³-hybridized carbons (Fsp3) is 0. The number of para-hydroxylation sites is 1. The summed E-state index contributed by atoms with van der Waals surface area (Å²) in [6, 6.07) is 22.8. The Kier molecular flexibility index (Phi) is 6.68. The number of aromatic nitrogens is 1. The van der Waals surface area contributed by atoms with Crippen LogP contribution in [0, 0.1) is 0 Å². The van der Waals surface area contributed by atoms with E-state index in [0.717, 1.165) is 40.5 Å². The van der Waals surface area contributed by atoms with Gasteiger partial charge in [0.05, 0.1) is 15.9 Å². The zero-order chi connectivity index (χ0) is 23.8. The summed E-state index contributed by atoms with van der Waals surface area (Å²) in [7, 11) is 0. The van der Waals surface area contributed by atoms with E-state index in [1.54, 1.807) is 29.5 Å². The van der Waals surface area contributed by atoms with Crippen molar-refractivity contribution in [3.8, 4) is 10.6 Å². The third kappa shape index (κ3) is 4.61. The van der Waals surface area contributed by atoms with Gasteiger partial charge in [0.15, 0.2) is 5.11 Å². The Hall–Kier alpha value is -2.36. The summed E-state index contributed by atoms with van der Waals surface area (Å²) in [5.74, 6) is -0.319. The van der Waals surface area contributed by atoms with Crippen LogP contribution in [0.2, 0.25) is 5.02 Å². The number of carbonyl (C=O) groups is 1. The Balaban J connectivity index is 1.45. The van der Waals surface area contributed by atoms with Gasteiger partial charge in [0, 0.05) is 30.5 Å². The monoisotopic (exact) mass is 629 g/mol. The van der Waals surface area contributed by atoms with Crippen molar-refractivity contribution in [1.29, 1.82) is 0 Å². The SMILES string of the molecule is O=C(NC(=S)Nc1c(Br)cc(Br)cc1-c1nc2ccccc2s1)c1cccc2c(Cl)cccc12. The summed E-state index contributed by atoms with van der Waals surface area (Å²) in [4.78, 5) is 17.8. The zero-order valence-electron chi connectivity index (χ0n) is 17.2. The lowest BCUT2D eigenvalue weighted by Crippen LogP contribution is -2.34. The fourth-order valence-corrected chi connectivity index (χ4v) is 6.39. The number of anilines is 1. The number of carbonyl (C=O) groups excluding carboxylic acids is 1. The van der Waals surface area contributed by atoms with Gasteiger partial charge in [0.25, 0.3) is 5.91 Å². The van der Waals surface area contributed by atoms with Crippen LogP contribution in [0.5, 0.6) is 0 Å². The molecule has 0 saturated heterocycles. The Morgan fingerprint density at radius 1 is 0.971 bits per heavy atom. The lowest BCUT2D eigenvalue weighted by atomic mass is 10.0. The fourth-order valence-electron chi connectivity index (χ4n) is 3.64. The number of hydrogen-bond acceptors (Lipinski definition) is 4. The van der Waals surface area contributed by atoms with E-state index in [1.165, 1.54) is 0 Å². The third-order valence-electron chi connectivity index (χ3n) is 5.16. The molecule has 0 fully saturated rings. The number of amides is 1. The van der Waals surface area contributed by atoms with E-state index in [4.69, 9.17) is 28.8 Å². The van der Waals surface area contributed by atoms with Crippen LogP contribution in [-0.2, 0) is 0 Å². The molecule has 0 aliphatic rings. The van der Waals surface area contributed by atoms with Crippen molar-refractivity contribution >= 4 is 105 Å². The van der Waals surface area contributed by atoms with Gasteiger partial charge in [-0.1, -0.05) is 63.9 Å². The van der Waals surface area contributed by atoms with E-state index >= 15 is 0 Å². The maximum atomic E-state index is 13.1. The molecule has 9 heteroatoms. The molecule has 1 heterocycles. The smallest absolute Gasteiger partial charge is 0.258 e. The van der Waals surface area contributed by atoms with Crippen molar-refractivity contribution in [2.24, 2.45) is 0 Å². The van der Waals surface area contributed by atoms with Gasteiger partial charge in [0.2, 0.25) is 0 Å². The van der Waals surface area contributed by atoms with Gasteiger partial charge in [0.1, 0.15) is 5.01 Å². The Labute approximate surface area is 226 Å². The summed E-state index contributed by atoms with van der Waals surface area (Å²) in [5, 5.41) is 9.14. The average Bonchev–Trinajstić information content (AvgIpc) is 3.25. The maximum Gasteiger partial charge on any atom is 0.258 e. The van der Waals surface area contributed by atoms with Crippen molar-refractivity contribution in [2.75, 3.05) is 5.32 Å². The van der Waals surface area contributed by atoms with Gasteiger partial charge in [-0.25, -0.2) is 4.98 Å². The number of halogens is 3. The molecular weight excluding hydrogens is 618 g/mol. The molecule has 0 atom stereocenters. The Bertz CT molecular complexity index is 1570. The number of benzene rings is 4. The van der Waals surface area contributed by atoms with Crippen LogP contribution in [0.25, 0.3) is 31.6 Å². The summed E-state index contributed by atoms with van der Waals surface area (Å²) in [5.41, 5.74) is 2.99. The molecule has 5 rings (SSSR count). The molecule has 1 aromatic heterocycles. The zero-order valence-corrected chi connectivity index (χ0v) is 22.8. The summed E-state index contributed by atoms with van der Waals surface area (Å²) in [6.45, 7) is 0. The second-order valence-corrected chi connectivity index (χ2v) is 11.0. The molecule has 1 amide bonds. The van der Waals surface area contributed by atoms with Crippen LogP contribution in [0.3, 0.4) is 0 Å². The number of nitrogens with zero attached hydrogens (tertiary/aromatic N) is 1. The standard InChI is InChI=1S/C25H14Br2ClN3OS2/c26-13-11-17(24-29-20-9-1-2-10-21(20)34-24)22(18(27)12-13)30-25(33)31-23(32)16-7-3-6-15-14(16)5-4-8-19(15)28/h1-12H,(H2,30,31,32,33). The van der Waals surface area contributed by atoms with Crippen molar-refractivity contribution in [3.05, 3.63) is 92.3 Å². The first-order valence-electron chi connectivity index (χ1n) is 10.1.